The number of aromatic nitrogens is 1. The first kappa shape index (κ1) is 43.3. The number of amides is 5. The van der Waals surface area contributed by atoms with Crippen LogP contribution in [-0.4, -0.2) is 78.3 Å². The maximum atomic E-state index is 15.0. The summed E-state index contributed by atoms with van der Waals surface area (Å²) in [6.45, 7) is 1.80. The van der Waals surface area contributed by atoms with Gasteiger partial charge in [0.05, 0.1) is 0 Å². The highest BCUT2D eigenvalue weighted by Crippen LogP contribution is 2.30. The van der Waals surface area contributed by atoms with E-state index in [9.17, 15) is 19.2 Å². The fourth-order valence-corrected chi connectivity index (χ4v) is 7.93. The van der Waals surface area contributed by atoms with Gasteiger partial charge >= 0.3 is 0 Å². The predicted octanol–water partition coefficient (Wildman–Crippen LogP) is 3.34. The third-order valence-corrected chi connectivity index (χ3v) is 11.2. The van der Waals surface area contributed by atoms with Crippen LogP contribution in [0.15, 0.2) is 121 Å². The minimum Gasteiger partial charge on any atom is -0.368 e. The minimum absolute atomic E-state index is 0.0561. The zero-order chi connectivity index (χ0) is 42.3. The second-order valence-electron chi connectivity index (χ2n) is 15.4. The lowest BCUT2D eigenvalue weighted by Gasteiger charge is -2.32. The SMILES string of the molecule is NCCCC[C@H](NC(=O)[C@H](Cc1ccccc1)NC(=O)[C@@H](Cc1c[nH]c2ccccc12)NC(=O)[C@H](NC(=O)C1CCNCC1)C(c1ccccc1)c1ccccc1)C(N)=O. The Morgan fingerprint density at radius 3 is 1.80 bits per heavy atom. The van der Waals surface area contributed by atoms with Crippen LogP contribution in [0, 0.1) is 5.92 Å². The molecule has 5 aromatic rings. The van der Waals surface area contributed by atoms with Crippen LogP contribution in [0.1, 0.15) is 60.3 Å². The Morgan fingerprint density at radius 1 is 0.633 bits per heavy atom. The Morgan fingerprint density at radius 2 is 1.18 bits per heavy atom. The molecule has 13 heteroatoms. The summed E-state index contributed by atoms with van der Waals surface area (Å²) in [5.41, 5.74) is 15.4. The maximum Gasteiger partial charge on any atom is 0.244 e. The number of H-pyrrole nitrogens is 1. The number of fused-ring (bicyclic) bond motifs is 1. The highest BCUT2D eigenvalue weighted by atomic mass is 16.2. The first-order valence-electron chi connectivity index (χ1n) is 20.8. The van der Waals surface area contributed by atoms with E-state index < -0.39 is 53.7 Å². The van der Waals surface area contributed by atoms with Gasteiger partial charge < -0.3 is 43.0 Å². The molecule has 4 aromatic carbocycles. The molecule has 1 aliphatic rings. The van der Waals surface area contributed by atoms with E-state index in [0.717, 1.165) is 33.2 Å². The lowest BCUT2D eigenvalue weighted by atomic mass is 9.83. The number of para-hydroxylation sites is 1. The molecule has 1 fully saturated rings. The fraction of sp³-hybridized carbons (Fsp3) is 0.340. The number of hydrogen-bond acceptors (Lipinski definition) is 7. The lowest BCUT2D eigenvalue weighted by molar-refractivity contribution is -0.135. The zero-order valence-electron chi connectivity index (χ0n) is 33.8. The number of piperidine rings is 1. The molecule has 0 bridgehead atoms. The minimum atomic E-state index is -1.20. The largest absolute Gasteiger partial charge is 0.368 e. The van der Waals surface area contributed by atoms with Crippen molar-refractivity contribution in [2.45, 2.75) is 75.0 Å². The van der Waals surface area contributed by atoms with E-state index in [-0.39, 0.29) is 31.1 Å². The third-order valence-electron chi connectivity index (χ3n) is 11.2. The molecule has 2 heterocycles. The first-order valence-corrected chi connectivity index (χ1v) is 20.8. The van der Waals surface area contributed by atoms with Crippen molar-refractivity contribution < 1.29 is 24.0 Å². The van der Waals surface area contributed by atoms with Gasteiger partial charge in [-0.3, -0.25) is 24.0 Å². The van der Waals surface area contributed by atoms with E-state index in [4.69, 9.17) is 11.5 Å². The van der Waals surface area contributed by atoms with Gasteiger partial charge in [-0.2, -0.15) is 0 Å². The molecule has 0 spiro atoms. The number of nitrogens with one attached hydrogen (secondary N) is 6. The van der Waals surface area contributed by atoms with Crippen LogP contribution in [0.3, 0.4) is 0 Å². The Bertz CT molecular complexity index is 2140. The third kappa shape index (κ3) is 11.7. The number of unbranched alkanes of at least 4 members (excludes halogenated alkanes) is 1. The highest BCUT2D eigenvalue weighted by molar-refractivity contribution is 5.97. The zero-order valence-corrected chi connectivity index (χ0v) is 33.8. The van der Waals surface area contributed by atoms with Crippen molar-refractivity contribution in [1.82, 2.24) is 31.6 Å². The molecule has 5 amide bonds. The predicted molar refractivity (Wildman–Crippen MR) is 232 cm³/mol. The summed E-state index contributed by atoms with van der Waals surface area (Å²) in [5.74, 6) is -3.62. The van der Waals surface area contributed by atoms with Crippen LogP contribution in [-0.2, 0) is 36.8 Å². The van der Waals surface area contributed by atoms with Crippen LogP contribution in [0.5, 0.6) is 0 Å². The molecule has 13 nitrogen and oxygen atoms in total. The molecule has 1 aliphatic heterocycles. The van der Waals surface area contributed by atoms with E-state index in [1.807, 2.05) is 115 Å². The van der Waals surface area contributed by atoms with Gasteiger partial charge in [0, 0.05) is 41.8 Å². The van der Waals surface area contributed by atoms with Gasteiger partial charge in [0.25, 0.3) is 0 Å². The Kier molecular flexibility index (Phi) is 15.6. The monoisotopic (exact) mass is 812 g/mol. The average Bonchev–Trinajstić information content (AvgIpc) is 3.69. The number of nitrogens with two attached hydrogens (primary N) is 2. The Balaban J connectivity index is 1.35. The van der Waals surface area contributed by atoms with Crippen molar-refractivity contribution in [3.63, 3.8) is 0 Å². The fourth-order valence-electron chi connectivity index (χ4n) is 7.93. The second kappa shape index (κ2) is 21.6. The number of carbonyl (C=O) groups excluding carboxylic acids is 5. The van der Waals surface area contributed by atoms with E-state index in [0.29, 0.717) is 45.3 Å². The van der Waals surface area contributed by atoms with Gasteiger partial charge in [-0.05, 0) is 80.1 Å². The van der Waals surface area contributed by atoms with Crippen molar-refractivity contribution in [2.75, 3.05) is 19.6 Å². The number of aromatic amines is 1. The molecule has 10 N–H and O–H groups in total. The number of primary amides is 1. The molecule has 4 atom stereocenters. The molecule has 1 saturated heterocycles. The normalized spacial score (nSPS) is 15.0. The summed E-state index contributed by atoms with van der Waals surface area (Å²) in [6, 6.07) is 31.4. The van der Waals surface area contributed by atoms with E-state index in [1.54, 1.807) is 6.20 Å². The van der Waals surface area contributed by atoms with Crippen molar-refractivity contribution in [2.24, 2.45) is 17.4 Å². The average molecular weight is 813 g/mol. The summed E-state index contributed by atoms with van der Waals surface area (Å²) in [4.78, 5) is 73.6. The van der Waals surface area contributed by atoms with E-state index in [1.165, 1.54) is 0 Å². The molecule has 0 saturated carbocycles. The van der Waals surface area contributed by atoms with Gasteiger partial charge in [0.1, 0.15) is 24.2 Å². The molecule has 6 rings (SSSR count). The number of carbonyl (C=O) groups is 5. The van der Waals surface area contributed by atoms with Crippen LogP contribution in [0.25, 0.3) is 10.9 Å². The van der Waals surface area contributed by atoms with Gasteiger partial charge in [0.2, 0.25) is 29.5 Å². The quantitative estimate of drug-likeness (QED) is 0.0549. The summed E-state index contributed by atoms with van der Waals surface area (Å²) >= 11 is 0. The Labute approximate surface area is 350 Å². The Hall–Kier alpha value is -6.31. The van der Waals surface area contributed by atoms with Gasteiger partial charge in [-0.15, -0.1) is 0 Å². The van der Waals surface area contributed by atoms with Crippen LogP contribution in [0.4, 0.5) is 0 Å². The topological polar surface area (TPSA) is 213 Å². The molecule has 0 radical (unpaired) electrons. The number of rotatable bonds is 20. The summed E-state index contributed by atoms with van der Waals surface area (Å²) in [6.07, 6.45) is 4.72. The van der Waals surface area contributed by atoms with Gasteiger partial charge in [-0.1, -0.05) is 109 Å². The molecule has 1 aromatic heterocycles. The van der Waals surface area contributed by atoms with Crippen LogP contribution in [0.2, 0.25) is 0 Å². The molecule has 0 aliphatic carbocycles. The summed E-state index contributed by atoms with van der Waals surface area (Å²) in [7, 11) is 0. The molecular weight excluding hydrogens is 757 g/mol. The van der Waals surface area contributed by atoms with E-state index >= 15 is 4.79 Å². The van der Waals surface area contributed by atoms with Crippen molar-refractivity contribution >= 4 is 40.4 Å². The summed E-state index contributed by atoms with van der Waals surface area (Å²) in [5, 5.41) is 16.0. The summed E-state index contributed by atoms with van der Waals surface area (Å²) < 4.78 is 0. The standard InChI is InChI=1S/C47H56N8O5/c48-25-13-12-22-38(43(49)56)52-45(58)39(28-31-14-4-1-5-15-31)53-46(59)40(29-35-30-51-37-21-11-10-20-36(35)37)54-47(60)42(55-44(57)34-23-26-50-27-24-34)41(32-16-6-2-7-17-32)33-18-8-3-9-19-33/h1-11,14-21,30,34,38-42,50-51H,12-13,22-29,48H2,(H2,49,56)(H,52,58)(H,53,59)(H,54,60)(H,55,57)/t38-,39-,40+,42+/m0/s1. The van der Waals surface area contributed by atoms with Crippen LogP contribution < -0.4 is 38.1 Å². The highest BCUT2D eigenvalue weighted by Gasteiger charge is 2.37. The van der Waals surface area contributed by atoms with Gasteiger partial charge in [-0.25, -0.2) is 0 Å². The lowest BCUT2D eigenvalue weighted by Crippen LogP contribution is -2.60. The first-order chi connectivity index (χ1) is 29.2. The molecular formula is C47H56N8O5. The molecule has 0 unspecified atom stereocenters. The van der Waals surface area contributed by atoms with Crippen molar-refractivity contribution in [3.05, 3.63) is 144 Å². The number of benzene rings is 4. The van der Waals surface area contributed by atoms with Crippen LogP contribution >= 0.6 is 0 Å². The van der Waals surface area contributed by atoms with Crippen molar-refractivity contribution in [1.29, 1.82) is 0 Å². The van der Waals surface area contributed by atoms with Gasteiger partial charge in [0.15, 0.2) is 0 Å². The maximum absolute atomic E-state index is 15.0. The molecule has 314 valence electrons. The smallest absolute Gasteiger partial charge is 0.244 e. The second-order valence-corrected chi connectivity index (χ2v) is 15.4. The van der Waals surface area contributed by atoms with Crippen molar-refractivity contribution in [3.8, 4) is 0 Å². The number of hydrogen-bond donors (Lipinski definition) is 8. The van der Waals surface area contributed by atoms with E-state index in [2.05, 4.69) is 31.6 Å². The molecule has 60 heavy (non-hydrogen) atoms.